The number of rotatable bonds is 4. The van der Waals surface area contributed by atoms with E-state index in [9.17, 15) is 0 Å². The zero-order valence-electron chi connectivity index (χ0n) is 9.31. The van der Waals surface area contributed by atoms with Crippen LogP contribution in [0.3, 0.4) is 0 Å². The largest absolute Gasteiger partial charge is 0.126 e. The zero-order valence-corrected chi connectivity index (χ0v) is 10.1. The summed E-state index contributed by atoms with van der Waals surface area (Å²) in [5.74, 6) is 1.39. The fourth-order valence-electron chi connectivity index (χ4n) is 1.70. The molecule has 0 nitrogen and oxygen atoms in total. The maximum absolute atomic E-state index is 5.78. The van der Waals surface area contributed by atoms with E-state index in [0.29, 0.717) is 5.92 Å². The molecule has 0 aliphatic rings. The lowest BCUT2D eigenvalue weighted by molar-refractivity contribution is 0.592. The molecule has 0 saturated carbocycles. The molecule has 0 aromatic heterocycles. The van der Waals surface area contributed by atoms with Crippen molar-refractivity contribution in [3.63, 3.8) is 0 Å². The van der Waals surface area contributed by atoms with E-state index in [0.717, 1.165) is 12.3 Å². The van der Waals surface area contributed by atoms with Gasteiger partial charge < -0.3 is 0 Å². The summed E-state index contributed by atoms with van der Waals surface area (Å²) in [4.78, 5) is 0. The van der Waals surface area contributed by atoms with Crippen molar-refractivity contribution < 1.29 is 0 Å². The zero-order chi connectivity index (χ0) is 10.6. The van der Waals surface area contributed by atoms with Crippen molar-refractivity contribution in [2.75, 3.05) is 5.88 Å². The van der Waals surface area contributed by atoms with Crippen LogP contribution in [0.1, 0.15) is 30.0 Å². The minimum absolute atomic E-state index is 0.623. The highest BCUT2D eigenvalue weighted by Gasteiger charge is 2.01. The van der Waals surface area contributed by atoms with Gasteiger partial charge in [0.15, 0.2) is 0 Å². The molecule has 1 aromatic rings. The SMILES string of the molecule is Cc1cc(C)cc(CCC(C)CCl)c1. The second kappa shape index (κ2) is 5.41. The molecule has 0 aliphatic heterocycles. The first-order valence-electron chi connectivity index (χ1n) is 5.25. The first-order valence-corrected chi connectivity index (χ1v) is 5.78. The number of benzene rings is 1. The van der Waals surface area contributed by atoms with Gasteiger partial charge in [0.05, 0.1) is 0 Å². The molecule has 1 heteroatoms. The Hall–Kier alpha value is -0.490. The van der Waals surface area contributed by atoms with E-state index < -0.39 is 0 Å². The number of alkyl halides is 1. The van der Waals surface area contributed by atoms with Crippen LogP contribution in [-0.2, 0) is 6.42 Å². The van der Waals surface area contributed by atoms with E-state index in [1.165, 1.54) is 23.1 Å². The van der Waals surface area contributed by atoms with Crippen molar-refractivity contribution in [1.82, 2.24) is 0 Å². The molecule has 0 heterocycles. The lowest BCUT2D eigenvalue weighted by Gasteiger charge is -2.08. The van der Waals surface area contributed by atoms with Gasteiger partial charge >= 0.3 is 0 Å². The second-order valence-corrected chi connectivity index (χ2v) is 4.60. The number of halogens is 1. The molecule has 14 heavy (non-hydrogen) atoms. The van der Waals surface area contributed by atoms with Crippen molar-refractivity contribution in [2.45, 2.75) is 33.6 Å². The Bertz CT molecular complexity index is 271. The fourth-order valence-corrected chi connectivity index (χ4v) is 1.86. The Morgan fingerprint density at radius 3 is 2.21 bits per heavy atom. The third-order valence-corrected chi connectivity index (χ3v) is 3.00. The fraction of sp³-hybridized carbons (Fsp3) is 0.538. The molecule has 0 aliphatic carbocycles. The van der Waals surface area contributed by atoms with Gasteiger partial charge in [0.2, 0.25) is 0 Å². The van der Waals surface area contributed by atoms with Crippen molar-refractivity contribution >= 4 is 11.6 Å². The van der Waals surface area contributed by atoms with Crippen molar-refractivity contribution in [1.29, 1.82) is 0 Å². The Labute approximate surface area is 92.3 Å². The maximum atomic E-state index is 5.78. The molecule has 0 saturated heterocycles. The quantitative estimate of drug-likeness (QED) is 0.657. The summed E-state index contributed by atoms with van der Waals surface area (Å²) in [7, 11) is 0. The van der Waals surface area contributed by atoms with Crippen LogP contribution in [0.2, 0.25) is 0 Å². The molecule has 0 bridgehead atoms. The monoisotopic (exact) mass is 210 g/mol. The summed E-state index contributed by atoms with van der Waals surface area (Å²) in [5.41, 5.74) is 4.16. The molecular weight excluding hydrogens is 192 g/mol. The highest BCUT2D eigenvalue weighted by molar-refractivity contribution is 6.18. The normalized spacial score (nSPS) is 12.9. The highest BCUT2D eigenvalue weighted by atomic mass is 35.5. The third kappa shape index (κ3) is 3.71. The summed E-state index contributed by atoms with van der Waals surface area (Å²) >= 11 is 5.78. The lowest BCUT2D eigenvalue weighted by Crippen LogP contribution is -1.99. The van der Waals surface area contributed by atoms with Gasteiger partial charge in [-0.1, -0.05) is 36.2 Å². The predicted octanol–water partition coefficient (Wildman–Crippen LogP) is 4.11. The topological polar surface area (TPSA) is 0 Å². The molecule has 0 spiro atoms. The summed E-state index contributed by atoms with van der Waals surface area (Å²) < 4.78 is 0. The van der Waals surface area contributed by atoms with Crippen LogP contribution in [-0.4, -0.2) is 5.88 Å². The highest BCUT2D eigenvalue weighted by Crippen LogP contribution is 2.14. The molecular formula is C13H19Cl. The molecule has 78 valence electrons. The van der Waals surface area contributed by atoms with Gasteiger partial charge in [-0.15, -0.1) is 11.6 Å². The van der Waals surface area contributed by atoms with E-state index >= 15 is 0 Å². The van der Waals surface area contributed by atoms with Crippen molar-refractivity contribution in [2.24, 2.45) is 5.92 Å². The Morgan fingerprint density at radius 2 is 1.71 bits per heavy atom. The Morgan fingerprint density at radius 1 is 1.14 bits per heavy atom. The Balaban J connectivity index is 2.58. The van der Waals surface area contributed by atoms with Gasteiger partial charge in [0, 0.05) is 5.88 Å². The second-order valence-electron chi connectivity index (χ2n) is 4.29. The first-order chi connectivity index (χ1) is 6.61. The Kier molecular flexibility index (Phi) is 4.47. The number of hydrogen-bond donors (Lipinski definition) is 0. The van der Waals surface area contributed by atoms with Gasteiger partial charge in [-0.2, -0.15) is 0 Å². The van der Waals surface area contributed by atoms with Crippen LogP contribution < -0.4 is 0 Å². The van der Waals surface area contributed by atoms with Crippen molar-refractivity contribution in [3.8, 4) is 0 Å². The molecule has 0 fully saturated rings. The summed E-state index contributed by atoms with van der Waals surface area (Å²) in [6, 6.07) is 6.76. The molecule has 1 aromatic carbocycles. The molecule has 0 radical (unpaired) electrons. The number of hydrogen-bond acceptors (Lipinski definition) is 0. The molecule has 1 atom stereocenters. The van der Waals surface area contributed by atoms with Gasteiger partial charge in [-0.25, -0.2) is 0 Å². The van der Waals surface area contributed by atoms with Crippen LogP contribution in [0.5, 0.6) is 0 Å². The minimum atomic E-state index is 0.623. The van der Waals surface area contributed by atoms with E-state index in [-0.39, 0.29) is 0 Å². The van der Waals surface area contributed by atoms with Gasteiger partial charge in [-0.3, -0.25) is 0 Å². The standard InChI is InChI=1S/C13H19Cl/c1-10(9-14)4-5-13-7-11(2)6-12(3)8-13/h6-8,10H,4-5,9H2,1-3H3. The van der Waals surface area contributed by atoms with Crippen molar-refractivity contribution in [3.05, 3.63) is 34.9 Å². The summed E-state index contributed by atoms with van der Waals surface area (Å²) in [6.45, 7) is 6.51. The van der Waals surface area contributed by atoms with Crippen LogP contribution in [0.25, 0.3) is 0 Å². The smallest absolute Gasteiger partial charge is 0.0249 e. The molecule has 1 rings (SSSR count). The maximum Gasteiger partial charge on any atom is 0.0249 e. The summed E-state index contributed by atoms with van der Waals surface area (Å²) in [5, 5.41) is 0. The third-order valence-electron chi connectivity index (χ3n) is 2.47. The van der Waals surface area contributed by atoms with E-state index in [4.69, 9.17) is 11.6 Å². The average Bonchev–Trinajstić information content (AvgIpc) is 2.12. The molecule has 0 N–H and O–H groups in total. The van der Waals surface area contributed by atoms with Crippen LogP contribution in [0.4, 0.5) is 0 Å². The molecule has 1 unspecified atom stereocenters. The lowest BCUT2D eigenvalue weighted by atomic mass is 9.99. The van der Waals surface area contributed by atoms with Crippen LogP contribution in [0.15, 0.2) is 18.2 Å². The summed E-state index contributed by atoms with van der Waals surface area (Å²) in [6.07, 6.45) is 2.34. The predicted molar refractivity (Wildman–Crippen MR) is 64.1 cm³/mol. The number of aryl methyl sites for hydroxylation is 3. The van der Waals surface area contributed by atoms with E-state index in [1.807, 2.05) is 0 Å². The van der Waals surface area contributed by atoms with E-state index in [1.54, 1.807) is 0 Å². The van der Waals surface area contributed by atoms with E-state index in [2.05, 4.69) is 39.0 Å². The average molecular weight is 211 g/mol. The van der Waals surface area contributed by atoms with Crippen LogP contribution >= 0.6 is 11.6 Å². The van der Waals surface area contributed by atoms with Gasteiger partial charge in [-0.05, 0) is 38.2 Å². The van der Waals surface area contributed by atoms with Gasteiger partial charge in [0.25, 0.3) is 0 Å². The minimum Gasteiger partial charge on any atom is -0.126 e. The first kappa shape index (κ1) is 11.6. The van der Waals surface area contributed by atoms with Crippen LogP contribution in [0, 0.1) is 19.8 Å². The van der Waals surface area contributed by atoms with Gasteiger partial charge in [0.1, 0.15) is 0 Å². The molecule has 0 amide bonds.